The molecule has 5 nitrogen and oxygen atoms in total. The van der Waals surface area contributed by atoms with Crippen molar-refractivity contribution >= 4 is 29.3 Å². The highest BCUT2D eigenvalue weighted by molar-refractivity contribution is 8.00. The summed E-state index contributed by atoms with van der Waals surface area (Å²) in [6.07, 6.45) is 2.90. The number of amides is 1. The first-order valence-corrected chi connectivity index (χ1v) is 10.9. The van der Waals surface area contributed by atoms with E-state index in [9.17, 15) is 14.0 Å². The summed E-state index contributed by atoms with van der Waals surface area (Å²) in [5, 5.41) is -0.241. The van der Waals surface area contributed by atoms with Gasteiger partial charge in [0.2, 0.25) is 5.91 Å². The van der Waals surface area contributed by atoms with Gasteiger partial charge in [0, 0.05) is 23.6 Å². The largest absolute Gasteiger partial charge is 0.454 e. The lowest BCUT2D eigenvalue weighted by Gasteiger charge is -2.26. The van der Waals surface area contributed by atoms with Gasteiger partial charge in [-0.3, -0.25) is 14.7 Å². The van der Waals surface area contributed by atoms with Crippen molar-refractivity contribution in [1.82, 2.24) is 4.98 Å². The number of pyridine rings is 1. The zero-order valence-corrected chi connectivity index (χ0v) is 17.9. The number of hydrogen-bond acceptors (Lipinski definition) is 5. The molecule has 0 N–H and O–H groups in total. The van der Waals surface area contributed by atoms with Crippen LogP contribution >= 0.6 is 11.8 Å². The van der Waals surface area contributed by atoms with E-state index in [2.05, 4.69) is 4.98 Å². The Morgan fingerprint density at radius 2 is 2.00 bits per heavy atom. The molecule has 1 aliphatic rings. The maximum atomic E-state index is 13.3. The third-order valence-electron chi connectivity index (χ3n) is 5.15. The van der Waals surface area contributed by atoms with Gasteiger partial charge in [-0.05, 0) is 61.4 Å². The number of carbonyl (C=O) groups excluding carboxylic acids is 2. The van der Waals surface area contributed by atoms with Gasteiger partial charge in [-0.25, -0.2) is 9.18 Å². The molecule has 2 unspecified atom stereocenters. The molecule has 1 amide bonds. The van der Waals surface area contributed by atoms with Gasteiger partial charge in [0.15, 0.2) is 0 Å². The number of aryl methyl sites for hydroxylation is 1. The van der Waals surface area contributed by atoms with E-state index < -0.39 is 12.1 Å². The molecule has 1 aromatic heterocycles. The Hall–Kier alpha value is -3.19. The van der Waals surface area contributed by atoms with Crippen molar-refractivity contribution in [1.29, 1.82) is 0 Å². The molecular weight excluding hydrogens is 415 g/mol. The van der Waals surface area contributed by atoms with E-state index in [-0.39, 0.29) is 17.1 Å². The Morgan fingerprint density at radius 3 is 2.68 bits per heavy atom. The summed E-state index contributed by atoms with van der Waals surface area (Å²) in [6, 6.07) is 15.0. The molecule has 0 bridgehead atoms. The standard InChI is InChI=1S/C24H21FN2O3S/c1-15-12-18(24(29)30-16(2)19-4-3-11-26-13-19)7-10-21(15)27-22(28)14-31-23(27)17-5-8-20(25)9-6-17/h3-13,16,23H,14H2,1-2H3. The molecule has 1 saturated heterocycles. The van der Waals surface area contributed by atoms with E-state index >= 15 is 0 Å². The lowest BCUT2D eigenvalue weighted by Crippen LogP contribution is -2.28. The number of ether oxygens (including phenoxy) is 1. The van der Waals surface area contributed by atoms with Crippen LogP contribution in [0, 0.1) is 12.7 Å². The number of benzene rings is 2. The molecule has 0 saturated carbocycles. The average Bonchev–Trinajstić information content (AvgIpc) is 3.16. The molecule has 0 radical (unpaired) electrons. The fourth-order valence-corrected chi connectivity index (χ4v) is 4.69. The molecule has 0 spiro atoms. The van der Waals surface area contributed by atoms with Gasteiger partial charge in [-0.1, -0.05) is 18.2 Å². The van der Waals surface area contributed by atoms with Gasteiger partial charge in [0.05, 0.1) is 11.3 Å². The first-order valence-electron chi connectivity index (χ1n) is 9.84. The van der Waals surface area contributed by atoms with Crippen LogP contribution in [0.25, 0.3) is 0 Å². The molecular formula is C24H21FN2O3S. The Kier molecular flexibility index (Phi) is 6.04. The number of anilines is 1. The number of halogens is 1. The van der Waals surface area contributed by atoms with Crippen molar-refractivity contribution in [3.8, 4) is 0 Å². The van der Waals surface area contributed by atoms with Gasteiger partial charge < -0.3 is 4.74 Å². The molecule has 4 rings (SSSR count). The number of nitrogens with zero attached hydrogens (tertiary/aromatic N) is 2. The summed E-state index contributed by atoms with van der Waals surface area (Å²) in [7, 11) is 0. The summed E-state index contributed by atoms with van der Waals surface area (Å²) in [5.41, 5.74) is 3.58. The summed E-state index contributed by atoms with van der Waals surface area (Å²) < 4.78 is 18.9. The van der Waals surface area contributed by atoms with Crippen LogP contribution in [0.2, 0.25) is 0 Å². The second-order valence-electron chi connectivity index (χ2n) is 7.31. The predicted octanol–water partition coefficient (Wildman–Crippen LogP) is 5.23. The smallest absolute Gasteiger partial charge is 0.338 e. The molecule has 0 aliphatic carbocycles. The van der Waals surface area contributed by atoms with E-state index in [0.717, 1.165) is 22.4 Å². The molecule has 3 aromatic rings. The minimum Gasteiger partial charge on any atom is -0.454 e. The maximum absolute atomic E-state index is 13.3. The lowest BCUT2D eigenvalue weighted by molar-refractivity contribution is -0.115. The molecule has 158 valence electrons. The van der Waals surface area contributed by atoms with Gasteiger partial charge in [0.25, 0.3) is 0 Å². The molecule has 31 heavy (non-hydrogen) atoms. The maximum Gasteiger partial charge on any atom is 0.338 e. The first kappa shape index (κ1) is 21.1. The Balaban J connectivity index is 1.55. The molecule has 2 aromatic carbocycles. The highest BCUT2D eigenvalue weighted by atomic mass is 32.2. The molecule has 7 heteroatoms. The predicted molar refractivity (Wildman–Crippen MR) is 118 cm³/mol. The normalized spacial score (nSPS) is 16.9. The van der Waals surface area contributed by atoms with Gasteiger partial charge >= 0.3 is 5.97 Å². The molecule has 1 aliphatic heterocycles. The number of hydrogen-bond donors (Lipinski definition) is 0. The van der Waals surface area contributed by atoms with Crippen molar-refractivity contribution in [2.45, 2.75) is 25.3 Å². The number of thioether (sulfide) groups is 1. The zero-order chi connectivity index (χ0) is 22.0. The second-order valence-corrected chi connectivity index (χ2v) is 8.38. The Labute approximate surface area is 184 Å². The SMILES string of the molecule is Cc1cc(C(=O)OC(C)c2cccnc2)ccc1N1C(=O)CSC1c1ccc(F)cc1. The minimum absolute atomic E-state index is 0.0250. The third kappa shape index (κ3) is 4.46. The topological polar surface area (TPSA) is 59.5 Å². The number of carbonyl (C=O) groups is 2. The van der Waals surface area contributed by atoms with Gasteiger partial charge in [-0.2, -0.15) is 0 Å². The fourth-order valence-electron chi connectivity index (χ4n) is 3.52. The van der Waals surface area contributed by atoms with E-state index in [1.807, 2.05) is 13.0 Å². The Bertz CT molecular complexity index is 1110. The first-order chi connectivity index (χ1) is 14.9. The third-order valence-corrected chi connectivity index (χ3v) is 6.37. The lowest BCUT2D eigenvalue weighted by atomic mass is 10.1. The fraction of sp³-hybridized carbons (Fsp3) is 0.208. The highest BCUT2D eigenvalue weighted by Crippen LogP contribution is 2.43. The van der Waals surface area contributed by atoms with Crippen molar-refractivity contribution < 1.29 is 18.7 Å². The van der Waals surface area contributed by atoms with E-state index in [0.29, 0.717) is 11.3 Å². The van der Waals surface area contributed by atoms with Crippen LogP contribution in [0.15, 0.2) is 67.0 Å². The van der Waals surface area contributed by atoms with Gasteiger partial charge in [-0.15, -0.1) is 11.8 Å². The van der Waals surface area contributed by atoms with Crippen LogP contribution in [-0.2, 0) is 9.53 Å². The number of aromatic nitrogens is 1. The summed E-state index contributed by atoms with van der Waals surface area (Å²) in [5.74, 6) is -0.441. The van der Waals surface area contributed by atoms with Crippen molar-refractivity contribution in [3.63, 3.8) is 0 Å². The van der Waals surface area contributed by atoms with Crippen LogP contribution < -0.4 is 4.90 Å². The summed E-state index contributed by atoms with van der Waals surface area (Å²) in [6.45, 7) is 3.65. The summed E-state index contributed by atoms with van der Waals surface area (Å²) in [4.78, 5) is 31.0. The number of rotatable bonds is 5. The van der Waals surface area contributed by atoms with Crippen molar-refractivity contribution in [2.75, 3.05) is 10.7 Å². The minimum atomic E-state index is -0.441. The van der Waals surface area contributed by atoms with Crippen molar-refractivity contribution in [2.24, 2.45) is 0 Å². The van der Waals surface area contributed by atoms with Crippen LogP contribution in [0.4, 0.5) is 10.1 Å². The highest BCUT2D eigenvalue weighted by Gasteiger charge is 2.35. The molecule has 1 fully saturated rings. The van der Waals surface area contributed by atoms with Crippen LogP contribution in [-0.4, -0.2) is 22.6 Å². The average molecular weight is 437 g/mol. The van der Waals surface area contributed by atoms with Crippen molar-refractivity contribution in [3.05, 3.63) is 95.1 Å². The van der Waals surface area contributed by atoms with E-state index in [1.165, 1.54) is 23.9 Å². The van der Waals surface area contributed by atoms with E-state index in [4.69, 9.17) is 4.74 Å². The van der Waals surface area contributed by atoms with Crippen LogP contribution in [0.3, 0.4) is 0 Å². The quantitative estimate of drug-likeness (QED) is 0.513. The molecule has 2 heterocycles. The molecule has 2 atom stereocenters. The van der Waals surface area contributed by atoms with Crippen LogP contribution in [0.1, 0.15) is 45.4 Å². The monoisotopic (exact) mass is 436 g/mol. The second kappa shape index (κ2) is 8.89. The Morgan fingerprint density at radius 1 is 1.23 bits per heavy atom. The van der Waals surface area contributed by atoms with Gasteiger partial charge in [0.1, 0.15) is 17.3 Å². The summed E-state index contributed by atoms with van der Waals surface area (Å²) >= 11 is 1.49. The van der Waals surface area contributed by atoms with E-state index in [1.54, 1.807) is 60.6 Å². The zero-order valence-electron chi connectivity index (χ0n) is 17.1. The number of esters is 1. The van der Waals surface area contributed by atoms with Crippen LogP contribution in [0.5, 0.6) is 0 Å².